The van der Waals surface area contributed by atoms with Crippen molar-refractivity contribution in [2.45, 2.75) is 13.0 Å². The molecule has 4 heterocycles. The van der Waals surface area contributed by atoms with Gasteiger partial charge in [0.05, 0.1) is 36.1 Å². The van der Waals surface area contributed by atoms with E-state index in [1.165, 1.54) is 11.3 Å². The van der Waals surface area contributed by atoms with Crippen LogP contribution in [0.3, 0.4) is 0 Å². The molecular formula is C31H27N7O3S. The van der Waals surface area contributed by atoms with Gasteiger partial charge in [0, 0.05) is 36.0 Å². The molecule has 0 amide bonds. The van der Waals surface area contributed by atoms with Crippen molar-refractivity contribution >= 4 is 33.9 Å². The summed E-state index contributed by atoms with van der Waals surface area (Å²) < 4.78 is 12.4. The van der Waals surface area contributed by atoms with E-state index in [9.17, 15) is 4.79 Å². The lowest BCUT2D eigenvalue weighted by atomic mass is 9.98. The number of ether oxygens (including phenoxy) is 2. The third-order valence-corrected chi connectivity index (χ3v) is 7.87. The fourth-order valence-corrected chi connectivity index (χ4v) is 5.66. The van der Waals surface area contributed by atoms with Crippen LogP contribution >= 0.6 is 11.3 Å². The first-order valence-electron chi connectivity index (χ1n) is 13.1. The van der Waals surface area contributed by atoms with E-state index in [2.05, 4.69) is 25.3 Å². The van der Waals surface area contributed by atoms with Crippen molar-refractivity contribution in [3.63, 3.8) is 0 Å². The number of anilines is 2. The summed E-state index contributed by atoms with van der Waals surface area (Å²) in [4.78, 5) is 32.5. The van der Waals surface area contributed by atoms with Gasteiger partial charge in [-0.3, -0.25) is 9.36 Å². The van der Waals surface area contributed by atoms with Crippen molar-refractivity contribution in [3.8, 4) is 38.3 Å². The van der Waals surface area contributed by atoms with Crippen LogP contribution in [0, 0.1) is 0 Å². The van der Waals surface area contributed by atoms with E-state index in [0.717, 1.165) is 38.3 Å². The van der Waals surface area contributed by atoms with Gasteiger partial charge in [-0.1, -0.05) is 47.7 Å². The molecule has 0 saturated carbocycles. The Morgan fingerprint density at radius 2 is 1.76 bits per heavy atom. The maximum atomic E-state index is 14.5. The maximum absolute atomic E-state index is 14.5. The number of benzene rings is 2. The molecule has 0 saturated heterocycles. The third kappa shape index (κ3) is 5.01. The number of rotatable bonds is 8. The summed E-state index contributed by atoms with van der Waals surface area (Å²) in [5, 5.41) is 5.40. The molecule has 210 valence electrons. The summed E-state index contributed by atoms with van der Waals surface area (Å²) >= 11 is 1.37. The molecule has 0 unspecified atom stereocenters. The summed E-state index contributed by atoms with van der Waals surface area (Å²) in [6.07, 6.45) is 5.04. The number of aromatic nitrogens is 5. The quantitative estimate of drug-likeness (QED) is 0.233. The van der Waals surface area contributed by atoms with Crippen molar-refractivity contribution in [1.82, 2.24) is 24.5 Å². The van der Waals surface area contributed by atoms with Crippen LogP contribution in [-0.4, -0.2) is 38.7 Å². The fourth-order valence-electron chi connectivity index (χ4n) is 4.92. The van der Waals surface area contributed by atoms with Gasteiger partial charge in [-0.15, -0.1) is 0 Å². The summed E-state index contributed by atoms with van der Waals surface area (Å²) in [6, 6.07) is 20.8. The molecule has 0 bridgehead atoms. The monoisotopic (exact) mass is 577 g/mol. The number of nitrogen functional groups attached to an aromatic ring is 1. The van der Waals surface area contributed by atoms with Crippen LogP contribution in [0.4, 0.5) is 11.8 Å². The highest BCUT2D eigenvalue weighted by molar-refractivity contribution is 7.16. The smallest absolute Gasteiger partial charge is 0.273 e. The molecule has 0 radical (unpaired) electrons. The Labute approximate surface area is 245 Å². The first kappa shape index (κ1) is 26.9. The zero-order chi connectivity index (χ0) is 29.2. The molecular weight excluding hydrogens is 550 g/mol. The Balaban J connectivity index is 1.52. The number of methoxy groups -OCH3 is 2. The van der Waals surface area contributed by atoms with Crippen LogP contribution in [0.5, 0.6) is 11.1 Å². The number of nitrogens with zero attached hydrogens (tertiary/aromatic N) is 5. The minimum absolute atomic E-state index is 0.126. The summed E-state index contributed by atoms with van der Waals surface area (Å²) in [5.74, 6) is 1.12. The predicted octanol–water partition coefficient (Wildman–Crippen LogP) is 5.74. The Morgan fingerprint density at radius 1 is 0.929 bits per heavy atom. The van der Waals surface area contributed by atoms with Crippen LogP contribution in [0.2, 0.25) is 0 Å². The van der Waals surface area contributed by atoms with Crippen LogP contribution in [0.25, 0.3) is 38.0 Å². The first-order chi connectivity index (χ1) is 20.5. The van der Waals surface area contributed by atoms with Crippen LogP contribution < -0.4 is 26.1 Å². The SMILES string of the molecule is COc1cc(-c2cccc3cc([C@H](C)Nc4nc(N)ncc4-c4cnc(OC)s4)n(-c4ccccc4)c(=O)c23)ccn1. The van der Waals surface area contributed by atoms with E-state index in [-0.39, 0.29) is 17.5 Å². The Kier molecular flexibility index (Phi) is 7.24. The van der Waals surface area contributed by atoms with E-state index in [1.54, 1.807) is 37.4 Å². The number of nitrogens with two attached hydrogens (primary N) is 1. The van der Waals surface area contributed by atoms with Crippen molar-refractivity contribution in [2.75, 3.05) is 25.3 Å². The Hall–Kier alpha value is -5.29. The number of fused-ring (bicyclic) bond motifs is 1. The number of nitrogens with one attached hydrogen (secondary N) is 1. The van der Waals surface area contributed by atoms with Gasteiger partial charge >= 0.3 is 0 Å². The number of hydrogen-bond acceptors (Lipinski definition) is 10. The van der Waals surface area contributed by atoms with E-state index in [1.807, 2.05) is 73.7 Å². The largest absolute Gasteiger partial charge is 0.481 e. The molecule has 6 rings (SSSR count). The topological polar surface area (TPSA) is 130 Å². The van der Waals surface area contributed by atoms with Gasteiger partial charge in [0.25, 0.3) is 10.8 Å². The zero-order valence-corrected chi connectivity index (χ0v) is 23.9. The average Bonchev–Trinajstić information content (AvgIpc) is 3.50. The molecule has 6 aromatic rings. The van der Waals surface area contributed by atoms with Crippen molar-refractivity contribution in [3.05, 3.63) is 101 Å². The Bertz CT molecular complexity index is 1960. The standard InChI is InChI=1S/C31H27N7O3S/c1-18(36-28-23(16-34-30(32)37-28)25-17-35-31(41-3)42-25)24-14-20-8-7-11-22(19-12-13-33-26(15-19)40-2)27(20)29(39)38(24)21-9-5-4-6-10-21/h4-18H,1-3H3,(H3,32,34,36,37)/t18-/m0/s1. The zero-order valence-electron chi connectivity index (χ0n) is 23.1. The predicted molar refractivity (Wildman–Crippen MR) is 165 cm³/mol. The van der Waals surface area contributed by atoms with Gasteiger partial charge in [0.15, 0.2) is 0 Å². The van der Waals surface area contributed by atoms with Crippen molar-refractivity contribution in [2.24, 2.45) is 0 Å². The van der Waals surface area contributed by atoms with Gasteiger partial charge < -0.3 is 20.5 Å². The maximum Gasteiger partial charge on any atom is 0.273 e. The van der Waals surface area contributed by atoms with E-state index >= 15 is 0 Å². The lowest BCUT2D eigenvalue weighted by molar-refractivity contribution is 0.398. The molecule has 11 heteroatoms. The molecule has 3 N–H and O–H groups in total. The first-order valence-corrected chi connectivity index (χ1v) is 13.9. The summed E-state index contributed by atoms with van der Waals surface area (Å²) in [6.45, 7) is 1.98. The third-order valence-electron chi connectivity index (χ3n) is 6.87. The Morgan fingerprint density at radius 3 is 2.52 bits per heavy atom. The molecule has 0 aliphatic carbocycles. The van der Waals surface area contributed by atoms with Crippen molar-refractivity contribution < 1.29 is 9.47 Å². The highest BCUT2D eigenvalue weighted by Gasteiger charge is 2.21. The summed E-state index contributed by atoms with van der Waals surface area (Å²) in [7, 11) is 3.14. The van der Waals surface area contributed by atoms with E-state index in [0.29, 0.717) is 22.3 Å². The molecule has 1 atom stereocenters. The lowest BCUT2D eigenvalue weighted by Crippen LogP contribution is -2.26. The molecule has 0 aliphatic heterocycles. The van der Waals surface area contributed by atoms with Gasteiger partial charge in [-0.25, -0.2) is 15.0 Å². The number of pyridine rings is 2. The highest BCUT2D eigenvalue weighted by Crippen LogP contribution is 2.36. The number of hydrogen-bond donors (Lipinski definition) is 2. The molecule has 0 aliphatic rings. The van der Waals surface area contributed by atoms with Gasteiger partial charge in [-0.05, 0) is 47.7 Å². The second-order valence-electron chi connectivity index (χ2n) is 9.45. The second-order valence-corrected chi connectivity index (χ2v) is 10.4. The number of para-hydroxylation sites is 1. The van der Waals surface area contributed by atoms with E-state index < -0.39 is 0 Å². The minimum Gasteiger partial charge on any atom is -0.481 e. The summed E-state index contributed by atoms with van der Waals surface area (Å²) in [5.41, 5.74) is 9.68. The molecule has 0 spiro atoms. The van der Waals surface area contributed by atoms with E-state index in [4.69, 9.17) is 15.2 Å². The average molecular weight is 578 g/mol. The van der Waals surface area contributed by atoms with Crippen LogP contribution in [0.1, 0.15) is 18.7 Å². The number of thiazole rings is 1. The normalized spacial score (nSPS) is 11.8. The lowest BCUT2D eigenvalue weighted by Gasteiger charge is -2.23. The minimum atomic E-state index is -0.366. The second kappa shape index (κ2) is 11.3. The molecule has 42 heavy (non-hydrogen) atoms. The van der Waals surface area contributed by atoms with Crippen LogP contribution in [0.15, 0.2) is 90.1 Å². The molecule has 0 fully saturated rings. The molecule has 2 aromatic carbocycles. The fraction of sp³-hybridized carbons (Fsp3) is 0.129. The molecule has 10 nitrogen and oxygen atoms in total. The van der Waals surface area contributed by atoms with Gasteiger partial charge in [0.1, 0.15) is 5.82 Å². The van der Waals surface area contributed by atoms with Gasteiger partial charge in [-0.2, -0.15) is 4.98 Å². The highest BCUT2D eigenvalue weighted by atomic mass is 32.1. The van der Waals surface area contributed by atoms with Gasteiger partial charge in [0.2, 0.25) is 11.8 Å². The molecule has 4 aromatic heterocycles. The van der Waals surface area contributed by atoms with Crippen LogP contribution in [-0.2, 0) is 0 Å². The van der Waals surface area contributed by atoms with Crippen molar-refractivity contribution in [1.29, 1.82) is 0 Å².